The van der Waals surface area contributed by atoms with Gasteiger partial charge in [-0.3, -0.25) is 9.59 Å². The van der Waals surface area contributed by atoms with Gasteiger partial charge in [-0.15, -0.1) is 11.3 Å². The molecule has 0 spiro atoms. The molecule has 1 saturated heterocycles. The standard InChI is InChI=1S/C21H20N4O4S2/c26-18(12-31-20-19-14(5-10-30-19)22-13-23-20)24-6-8-25(9-7-24)21(27)17-11-28-15-3-1-2-4-16(15)29-17/h1-5,10,13,17H,6-9,11-12H2. The van der Waals surface area contributed by atoms with E-state index in [-0.39, 0.29) is 18.4 Å². The Morgan fingerprint density at radius 2 is 1.84 bits per heavy atom. The van der Waals surface area contributed by atoms with Gasteiger partial charge in [-0.2, -0.15) is 0 Å². The van der Waals surface area contributed by atoms with Crippen molar-refractivity contribution in [1.82, 2.24) is 19.8 Å². The summed E-state index contributed by atoms with van der Waals surface area (Å²) in [6, 6.07) is 9.28. The van der Waals surface area contributed by atoms with Crippen molar-refractivity contribution in [3.63, 3.8) is 0 Å². The van der Waals surface area contributed by atoms with Crippen molar-refractivity contribution < 1.29 is 19.1 Å². The van der Waals surface area contributed by atoms with Gasteiger partial charge in [0, 0.05) is 26.2 Å². The van der Waals surface area contributed by atoms with Crippen LogP contribution in [0.1, 0.15) is 0 Å². The van der Waals surface area contributed by atoms with E-state index in [1.54, 1.807) is 27.2 Å². The summed E-state index contributed by atoms with van der Waals surface area (Å²) in [6.45, 7) is 2.18. The Hall–Kier alpha value is -2.85. The minimum Gasteiger partial charge on any atom is -0.485 e. The van der Waals surface area contributed by atoms with Crippen LogP contribution in [0.3, 0.4) is 0 Å². The lowest BCUT2D eigenvalue weighted by Crippen LogP contribution is -2.55. The average Bonchev–Trinajstić information content (AvgIpc) is 3.31. The van der Waals surface area contributed by atoms with Crippen molar-refractivity contribution in [1.29, 1.82) is 0 Å². The molecule has 1 unspecified atom stereocenters. The third kappa shape index (κ3) is 4.17. The fourth-order valence-corrected chi connectivity index (χ4v) is 5.46. The number of nitrogens with zero attached hydrogens (tertiary/aromatic N) is 4. The van der Waals surface area contributed by atoms with E-state index in [4.69, 9.17) is 9.47 Å². The number of para-hydroxylation sites is 2. The molecular formula is C21H20N4O4S2. The summed E-state index contributed by atoms with van der Waals surface area (Å²) in [4.78, 5) is 37.6. The number of thioether (sulfide) groups is 1. The number of aromatic nitrogens is 2. The molecule has 10 heteroatoms. The van der Waals surface area contributed by atoms with Crippen LogP contribution < -0.4 is 9.47 Å². The van der Waals surface area contributed by atoms with Crippen LogP contribution in [0.2, 0.25) is 0 Å². The molecule has 4 heterocycles. The number of thiophene rings is 1. The van der Waals surface area contributed by atoms with Crippen molar-refractivity contribution in [2.45, 2.75) is 11.1 Å². The van der Waals surface area contributed by atoms with E-state index in [0.29, 0.717) is 43.4 Å². The summed E-state index contributed by atoms with van der Waals surface area (Å²) in [5, 5.41) is 2.80. The number of fused-ring (bicyclic) bond motifs is 2. The Kier molecular flexibility index (Phi) is 5.65. The first-order valence-electron chi connectivity index (χ1n) is 9.95. The highest BCUT2D eigenvalue weighted by atomic mass is 32.2. The first kappa shape index (κ1) is 20.1. The molecule has 3 aromatic rings. The zero-order chi connectivity index (χ0) is 21.2. The van der Waals surface area contributed by atoms with E-state index < -0.39 is 6.10 Å². The number of amides is 2. The summed E-state index contributed by atoms with van der Waals surface area (Å²) in [5.74, 6) is 1.50. The predicted molar refractivity (Wildman–Crippen MR) is 118 cm³/mol. The van der Waals surface area contributed by atoms with Crippen LogP contribution in [0.4, 0.5) is 0 Å². The Balaban J connectivity index is 1.13. The van der Waals surface area contributed by atoms with Gasteiger partial charge in [0.1, 0.15) is 18.0 Å². The second kappa shape index (κ2) is 8.72. The fraction of sp³-hybridized carbons (Fsp3) is 0.333. The molecule has 0 N–H and O–H groups in total. The molecule has 0 saturated carbocycles. The smallest absolute Gasteiger partial charge is 0.267 e. The maximum absolute atomic E-state index is 12.8. The number of hydrogen-bond donors (Lipinski definition) is 0. The molecule has 2 aliphatic heterocycles. The Morgan fingerprint density at radius 3 is 2.68 bits per heavy atom. The third-order valence-electron chi connectivity index (χ3n) is 5.27. The molecule has 160 valence electrons. The third-order valence-corrected chi connectivity index (χ3v) is 7.28. The second-order valence-electron chi connectivity index (χ2n) is 7.17. The summed E-state index contributed by atoms with van der Waals surface area (Å²) in [7, 11) is 0. The summed E-state index contributed by atoms with van der Waals surface area (Å²) in [5.41, 5.74) is 0.901. The molecule has 8 nitrogen and oxygen atoms in total. The van der Waals surface area contributed by atoms with Gasteiger partial charge >= 0.3 is 0 Å². The number of ether oxygens (including phenoxy) is 2. The number of piperazine rings is 1. The average molecular weight is 457 g/mol. The molecule has 5 rings (SSSR count). The van der Waals surface area contributed by atoms with E-state index in [0.717, 1.165) is 15.2 Å². The van der Waals surface area contributed by atoms with Gasteiger partial charge in [-0.05, 0) is 23.6 Å². The molecule has 2 amide bonds. The molecule has 31 heavy (non-hydrogen) atoms. The van der Waals surface area contributed by atoms with E-state index in [1.165, 1.54) is 18.1 Å². The summed E-state index contributed by atoms with van der Waals surface area (Å²) < 4.78 is 12.5. The lowest BCUT2D eigenvalue weighted by atomic mass is 10.2. The molecule has 0 bridgehead atoms. The van der Waals surface area contributed by atoms with Crippen LogP contribution in [0.25, 0.3) is 10.2 Å². The quantitative estimate of drug-likeness (QED) is 0.440. The van der Waals surface area contributed by atoms with E-state index in [1.807, 2.05) is 29.6 Å². The highest BCUT2D eigenvalue weighted by Gasteiger charge is 2.33. The van der Waals surface area contributed by atoms with E-state index in [9.17, 15) is 9.59 Å². The Labute approximate surface area is 187 Å². The van der Waals surface area contributed by atoms with Gasteiger partial charge in [0.15, 0.2) is 11.5 Å². The Morgan fingerprint density at radius 1 is 1.06 bits per heavy atom. The minimum absolute atomic E-state index is 0.0478. The van der Waals surface area contributed by atoms with Gasteiger partial charge in [0.2, 0.25) is 12.0 Å². The lowest BCUT2D eigenvalue weighted by Gasteiger charge is -2.37. The van der Waals surface area contributed by atoms with E-state index in [2.05, 4.69) is 9.97 Å². The van der Waals surface area contributed by atoms with Crippen molar-refractivity contribution in [3.05, 3.63) is 42.0 Å². The van der Waals surface area contributed by atoms with Crippen molar-refractivity contribution in [2.75, 3.05) is 38.5 Å². The zero-order valence-corrected chi connectivity index (χ0v) is 18.2. The topological polar surface area (TPSA) is 84.9 Å². The molecule has 1 atom stereocenters. The maximum Gasteiger partial charge on any atom is 0.267 e. The van der Waals surface area contributed by atoms with Crippen LogP contribution in [0, 0.1) is 0 Å². The highest BCUT2D eigenvalue weighted by molar-refractivity contribution is 8.00. The molecule has 2 aliphatic rings. The number of rotatable bonds is 4. The van der Waals surface area contributed by atoms with Gasteiger partial charge in [0.25, 0.3) is 5.91 Å². The number of hydrogen-bond acceptors (Lipinski definition) is 8. The summed E-state index contributed by atoms with van der Waals surface area (Å²) in [6.07, 6.45) is 0.875. The molecule has 0 aliphatic carbocycles. The first-order chi connectivity index (χ1) is 15.2. The normalized spacial score (nSPS) is 18.3. The van der Waals surface area contributed by atoms with Gasteiger partial charge in [-0.1, -0.05) is 23.9 Å². The SMILES string of the molecule is O=C(CSc1ncnc2ccsc12)N1CCN(C(=O)C2COc3ccccc3O2)CC1. The molecular weight excluding hydrogens is 436 g/mol. The van der Waals surface area contributed by atoms with Crippen LogP contribution >= 0.6 is 23.1 Å². The van der Waals surface area contributed by atoms with Crippen molar-refractivity contribution in [3.8, 4) is 11.5 Å². The molecule has 1 aromatic carbocycles. The van der Waals surface area contributed by atoms with Gasteiger partial charge < -0.3 is 19.3 Å². The van der Waals surface area contributed by atoms with Crippen molar-refractivity contribution >= 4 is 45.1 Å². The number of carbonyl (C=O) groups excluding carboxylic acids is 2. The zero-order valence-electron chi connectivity index (χ0n) is 16.6. The van der Waals surface area contributed by atoms with Crippen LogP contribution in [0.15, 0.2) is 47.1 Å². The summed E-state index contributed by atoms with van der Waals surface area (Å²) >= 11 is 3.01. The largest absolute Gasteiger partial charge is 0.485 e. The minimum atomic E-state index is -0.654. The highest BCUT2D eigenvalue weighted by Crippen LogP contribution is 2.31. The Bertz CT molecular complexity index is 1110. The molecule has 1 fully saturated rings. The van der Waals surface area contributed by atoms with Crippen LogP contribution in [-0.2, 0) is 9.59 Å². The first-order valence-corrected chi connectivity index (χ1v) is 11.8. The van der Waals surface area contributed by atoms with Gasteiger partial charge in [0.05, 0.1) is 16.0 Å². The monoisotopic (exact) mass is 456 g/mol. The predicted octanol–water partition coefficient (Wildman–Crippen LogP) is 2.29. The van der Waals surface area contributed by atoms with Crippen LogP contribution in [-0.4, -0.2) is 76.2 Å². The van der Waals surface area contributed by atoms with Crippen LogP contribution in [0.5, 0.6) is 11.5 Å². The van der Waals surface area contributed by atoms with Gasteiger partial charge in [-0.25, -0.2) is 9.97 Å². The fourth-order valence-electron chi connectivity index (χ4n) is 3.61. The molecule has 0 radical (unpaired) electrons. The second-order valence-corrected chi connectivity index (χ2v) is 9.05. The molecule has 2 aromatic heterocycles. The maximum atomic E-state index is 12.8. The number of carbonyl (C=O) groups is 2. The van der Waals surface area contributed by atoms with E-state index >= 15 is 0 Å². The lowest BCUT2D eigenvalue weighted by molar-refractivity contribution is -0.145. The number of benzene rings is 1. The van der Waals surface area contributed by atoms with Crippen molar-refractivity contribution in [2.24, 2.45) is 0 Å².